The van der Waals surface area contributed by atoms with Crippen LogP contribution < -0.4 is 10.6 Å². The number of amides is 3. The molecule has 41 heavy (non-hydrogen) atoms. The summed E-state index contributed by atoms with van der Waals surface area (Å²) in [7, 11) is -4.32. The SMILES string of the molecule is CS(=O)(=O)/C(F)=C\[C@H](C[C@H]1CCNC1=O)NC(=O)[C@@H]1[C@@H]2CC[C@@H](CC2(F)F)N1C(=O)c1cc2c(F)ccc(F)c2[nH]1. The maximum Gasteiger partial charge on any atom is 0.271 e. The van der Waals surface area contributed by atoms with E-state index < -0.39 is 86.7 Å². The number of sulfone groups is 1. The van der Waals surface area contributed by atoms with E-state index in [-0.39, 0.29) is 35.9 Å². The summed E-state index contributed by atoms with van der Waals surface area (Å²) in [6.45, 7) is 0.314. The van der Waals surface area contributed by atoms with E-state index in [2.05, 4.69) is 15.6 Å². The van der Waals surface area contributed by atoms with Gasteiger partial charge in [0.1, 0.15) is 23.4 Å². The van der Waals surface area contributed by atoms with Gasteiger partial charge in [0, 0.05) is 36.6 Å². The summed E-state index contributed by atoms with van der Waals surface area (Å²) in [6, 6.07) is -1.48. The average Bonchev–Trinajstić information content (AvgIpc) is 3.52. The molecule has 3 aliphatic heterocycles. The van der Waals surface area contributed by atoms with Crippen LogP contribution in [0.1, 0.15) is 42.6 Å². The Labute approximate surface area is 231 Å². The lowest BCUT2D eigenvalue weighted by atomic mass is 9.71. The van der Waals surface area contributed by atoms with Crippen LogP contribution in [0.5, 0.6) is 0 Å². The number of aromatic nitrogens is 1. The molecule has 1 aliphatic carbocycles. The van der Waals surface area contributed by atoms with Crippen LogP contribution in [0.2, 0.25) is 0 Å². The predicted octanol–water partition coefficient (Wildman–Crippen LogP) is 2.94. The largest absolute Gasteiger partial charge is 0.356 e. The molecule has 3 amide bonds. The first-order valence-corrected chi connectivity index (χ1v) is 14.9. The molecule has 3 saturated heterocycles. The predicted molar refractivity (Wildman–Crippen MR) is 136 cm³/mol. The number of hydrogen-bond acceptors (Lipinski definition) is 5. The minimum absolute atomic E-state index is 0.112. The van der Waals surface area contributed by atoms with Crippen molar-refractivity contribution in [3.8, 4) is 0 Å². The van der Waals surface area contributed by atoms with Gasteiger partial charge in [-0.05, 0) is 50.0 Å². The Morgan fingerprint density at radius 1 is 1.20 bits per heavy atom. The van der Waals surface area contributed by atoms with Crippen LogP contribution in [0.25, 0.3) is 10.9 Å². The lowest BCUT2D eigenvalue weighted by Gasteiger charge is -2.53. The van der Waals surface area contributed by atoms with Crippen LogP contribution in [0, 0.1) is 23.5 Å². The molecule has 2 aromatic rings. The van der Waals surface area contributed by atoms with Gasteiger partial charge in [-0.2, -0.15) is 4.39 Å². The lowest BCUT2D eigenvalue weighted by molar-refractivity contribution is -0.179. The third-order valence-electron chi connectivity index (χ3n) is 8.07. The molecule has 1 aromatic heterocycles. The van der Waals surface area contributed by atoms with Crippen molar-refractivity contribution in [3.63, 3.8) is 0 Å². The van der Waals surface area contributed by atoms with Crippen LogP contribution in [0.3, 0.4) is 0 Å². The number of H-pyrrole nitrogens is 1. The normalized spacial score (nSPS) is 26.7. The molecule has 1 saturated carbocycles. The van der Waals surface area contributed by atoms with Gasteiger partial charge >= 0.3 is 0 Å². The molecular formula is C26H27F5N4O5S. The van der Waals surface area contributed by atoms with E-state index in [0.717, 1.165) is 23.1 Å². The van der Waals surface area contributed by atoms with Crippen LogP contribution >= 0.6 is 0 Å². The van der Waals surface area contributed by atoms with Gasteiger partial charge in [-0.25, -0.2) is 26.0 Å². The van der Waals surface area contributed by atoms with Crippen LogP contribution in [-0.4, -0.2) is 72.9 Å². The standard InChI is InChI=1S/C26H27F5N4O5S/c1-41(39,40)20(29)9-13(8-12-6-7-32-23(12)36)33-24(37)22-16-3-2-14(11-26(16,30)31)35(22)25(38)19-10-15-17(27)4-5-18(28)21(15)34-19/h4-5,9-10,12-14,16,22,34H,2-3,6-8,11H2,1H3,(H,32,36)(H,33,37)/b20-9-/t12-,13+,14+,16+,22+/m1/s1. The second-order valence-electron chi connectivity index (χ2n) is 10.8. The summed E-state index contributed by atoms with van der Waals surface area (Å²) in [6.07, 6.45) is 0.618. The molecule has 0 unspecified atom stereocenters. The van der Waals surface area contributed by atoms with Gasteiger partial charge in [-0.1, -0.05) is 0 Å². The Balaban J connectivity index is 1.49. The highest BCUT2D eigenvalue weighted by molar-refractivity contribution is 7.94. The number of halogens is 5. The minimum atomic E-state index is -4.32. The van der Waals surface area contributed by atoms with E-state index in [0.29, 0.717) is 25.3 Å². The molecule has 4 fully saturated rings. The molecule has 5 atom stereocenters. The molecule has 3 N–H and O–H groups in total. The second kappa shape index (κ2) is 10.4. The summed E-state index contributed by atoms with van der Waals surface area (Å²) in [5.74, 6) is -9.77. The number of benzene rings is 1. The van der Waals surface area contributed by atoms with E-state index in [9.17, 15) is 36.0 Å². The molecule has 4 aliphatic rings. The van der Waals surface area contributed by atoms with Crippen LogP contribution in [0.15, 0.2) is 29.4 Å². The second-order valence-corrected chi connectivity index (χ2v) is 12.8. The highest BCUT2D eigenvalue weighted by Crippen LogP contribution is 2.49. The van der Waals surface area contributed by atoms with Crippen molar-refractivity contribution in [2.24, 2.45) is 11.8 Å². The van der Waals surface area contributed by atoms with Gasteiger partial charge in [-0.15, -0.1) is 0 Å². The number of fused-ring (bicyclic) bond motifs is 4. The first-order chi connectivity index (χ1) is 19.2. The van der Waals surface area contributed by atoms with Crippen molar-refractivity contribution >= 4 is 38.5 Å². The summed E-state index contributed by atoms with van der Waals surface area (Å²) in [4.78, 5) is 42.8. The van der Waals surface area contributed by atoms with Gasteiger partial charge in [0.15, 0.2) is 0 Å². The zero-order valence-electron chi connectivity index (χ0n) is 21.7. The zero-order valence-corrected chi connectivity index (χ0v) is 22.5. The van der Waals surface area contributed by atoms with Gasteiger partial charge in [0.2, 0.25) is 26.8 Å². The molecule has 0 spiro atoms. The number of rotatable bonds is 7. The molecule has 4 heterocycles. The maximum absolute atomic E-state index is 15.1. The number of aromatic amines is 1. The van der Waals surface area contributed by atoms with Crippen molar-refractivity contribution in [3.05, 3.63) is 46.8 Å². The van der Waals surface area contributed by atoms with Crippen molar-refractivity contribution in [2.75, 3.05) is 12.8 Å². The molecule has 1 aromatic carbocycles. The van der Waals surface area contributed by atoms with Crippen LogP contribution in [0.4, 0.5) is 22.0 Å². The Bertz CT molecular complexity index is 1520. The van der Waals surface area contributed by atoms with Crippen LogP contribution in [-0.2, 0) is 19.4 Å². The van der Waals surface area contributed by atoms with E-state index in [1.807, 2.05) is 0 Å². The molecule has 6 rings (SSSR count). The number of nitrogens with one attached hydrogen (secondary N) is 3. The zero-order chi connectivity index (χ0) is 29.9. The van der Waals surface area contributed by atoms with Gasteiger partial charge in [0.05, 0.1) is 17.5 Å². The number of nitrogens with zero attached hydrogens (tertiary/aromatic N) is 1. The lowest BCUT2D eigenvalue weighted by Crippen LogP contribution is -2.68. The summed E-state index contributed by atoms with van der Waals surface area (Å²) in [5, 5.41) is 3.14. The number of carbonyl (C=O) groups excluding carboxylic acids is 3. The highest BCUT2D eigenvalue weighted by Gasteiger charge is 2.60. The molecular weight excluding hydrogens is 575 g/mol. The quantitative estimate of drug-likeness (QED) is 0.420. The van der Waals surface area contributed by atoms with Crippen molar-refractivity contribution in [2.45, 2.75) is 56.2 Å². The Morgan fingerprint density at radius 2 is 1.90 bits per heavy atom. The number of hydrogen-bond donors (Lipinski definition) is 3. The van der Waals surface area contributed by atoms with Crippen molar-refractivity contribution < 1.29 is 44.8 Å². The minimum Gasteiger partial charge on any atom is -0.356 e. The summed E-state index contributed by atoms with van der Waals surface area (Å²) < 4.78 is 96.6. The van der Waals surface area contributed by atoms with Crippen molar-refractivity contribution in [1.29, 1.82) is 0 Å². The highest BCUT2D eigenvalue weighted by atomic mass is 32.2. The fourth-order valence-electron chi connectivity index (χ4n) is 6.10. The van der Waals surface area contributed by atoms with E-state index in [1.54, 1.807) is 0 Å². The number of alkyl halides is 2. The number of carbonyl (C=O) groups is 3. The molecule has 15 heteroatoms. The van der Waals surface area contributed by atoms with Crippen molar-refractivity contribution in [1.82, 2.24) is 20.5 Å². The summed E-state index contributed by atoms with van der Waals surface area (Å²) in [5.41, 5.74) is -0.627. The maximum atomic E-state index is 15.1. The monoisotopic (exact) mass is 602 g/mol. The fourth-order valence-corrected chi connectivity index (χ4v) is 6.51. The van der Waals surface area contributed by atoms with E-state index in [1.165, 1.54) is 0 Å². The molecule has 222 valence electrons. The fraction of sp³-hybridized carbons (Fsp3) is 0.500. The smallest absolute Gasteiger partial charge is 0.271 e. The van der Waals surface area contributed by atoms with E-state index >= 15 is 8.78 Å². The Hall–Kier alpha value is -3.49. The average molecular weight is 603 g/mol. The molecule has 0 radical (unpaired) electrons. The van der Waals surface area contributed by atoms with E-state index in [4.69, 9.17) is 0 Å². The first-order valence-electron chi connectivity index (χ1n) is 13.0. The third kappa shape index (κ3) is 5.43. The molecule has 2 bridgehead atoms. The third-order valence-corrected chi connectivity index (χ3v) is 8.92. The number of piperidine rings is 2. The van der Waals surface area contributed by atoms with Gasteiger partial charge in [-0.3, -0.25) is 14.4 Å². The Morgan fingerprint density at radius 3 is 2.51 bits per heavy atom. The molecule has 9 nitrogen and oxygen atoms in total. The Kier molecular flexibility index (Phi) is 7.37. The van der Waals surface area contributed by atoms with Gasteiger partial charge in [0.25, 0.3) is 11.8 Å². The van der Waals surface area contributed by atoms with Gasteiger partial charge < -0.3 is 20.5 Å². The summed E-state index contributed by atoms with van der Waals surface area (Å²) >= 11 is 0. The first kappa shape index (κ1) is 29.0. The topological polar surface area (TPSA) is 128 Å².